The molecule has 2 rings (SSSR count). The molecule has 2 unspecified atom stereocenters. The van der Waals surface area contributed by atoms with E-state index in [0.717, 1.165) is 31.6 Å². The standard InChI is InChI=1S/C11H19N3OS/c1-3-6-12-10-13-9(15)11(14-10)5-4-7-16-8(11)2/h8H,3-7H2,1-2H3,(H2,12,13,14,15). The second-order valence-electron chi connectivity index (χ2n) is 4.40. The van der Waals surface area contributed by atoms with Gasteiger partial charge in [-0.3, -0.25) is 15.1 Å². The first-order valence-electron chi connectivity index (χ1n) is 5.95. The molecule has 0 aromatic rings. The van der Waals surface area contributed by atoms with Crippen molar-refractivity contribution in [3.63, 3.8) is 0 Å². The number of rotatable bonds is 2. The van der Waals surface area contributed by atoms with E-state index in [-0.39, 0.29) is 5.91 Å². The Morgan fingerprint density at radius 2 is 2.44 bits per heavy atom. The molecule has 2 N–H and O–H groups in total. The number of carbonyl (C=O) groups excluding carboxylic acids is 1. The number of nitrogens with one attached hydrogen (secondary N) is 2. The van der Waals surface area contributed by atoms with E-state index in [1.165, 1.54) is 0 Å². The van der Waals surface area contributed by atoms with E-state index in [4.69, 9.17) is 0 Å². The average molecular weight is 241 g/mol. The number of carbonyl (C=O) groups is 1. The Balaban J connectivity index is 2.13. The highest BCUT2D eigenvalue weighted by atomic mass is 32.2. The summed E-state index contributed by atoms with van der Waals surface area (Å²) < 4.78 is 0. The molecule has 0 saturated carbocycles. The first kappa shape index (κ1) is 11.8. The predicted molar refractivity (Wildman–Crippen MR) is 67.8 cm³/mol. The number of aliphatic imine (C=N–C) groups is 1. The molecule has 2 aliphatic heterocycles. The number of nitrogens with zero attached hydrogens (tertiary/aromatic N) is 1. The summed E-state index contributed by atoms with van der Waals surface area (Å²) in [6.07, 6.45) is 3.01. The van der Waals surface area contributed by atoms with Crippen LogP contribution in [0.4, 0.5) is 0 Å². The lowest BCUT2D eigenvalue weighted by Gasteiger charge is -2.36. The fourth-order valence-corrected chi connectivity index (χ4v) is 3.47. The maximum Gasteiger partial charge on any atom is 0.253 e. The zero-order valence-electron chi connectivity index (χ0n) is 9.88. The van der Waals surface area contributed by atoms with E-state index in [0.29, 0.717) is 11.2 Å². The molecule has 0 bridgehead atoms. The third kappa shape index (κ3) is 1.93. The Morgan fingerprint density at radius 3 is 3.12 bits per heavy atom. The van der Waals surface area contributed by atoms with Crippen molar-refractivity contribution >= 4 is 23.6 Å². The van der Waals surface area contributed by atoms with Crippen molar-refractivity contribution in [1.82, 2.24) is 10.6 Å². The molecule has 0 radical (unpaired) electrons. The molecule has 16 heavy (non-hydrogen) atoms. The van der Waals surface area contributed by atoms with Crippen LogP contribution in [-0.4, -0.2) is 35.0 Å². The quantitative estimate of drug-likeness (QED) is 0.762. The molecule has 90 valence electrons. The molecule has 0 aliphatic carbocycles. The highest BCUT2D eigenvalue weighted by Gasteiger charge is 2.50. The van der Waals surface area contributed by atoms with Crippen LogP contribution in [0.3, 0.4) is 0 Å². The molecule has 2 heterocycles. The van der Waals surface area contributed by atoms with Crippen LogP contribution in [0.2, 0.25) is 0 Å². The smallest absolute Gasteiger partial charge is 0.253 e. The van der Waals surface area contributed by atoms with Gasteiger partial charge in [-0.05, 0) is 25.0 Å². The van der Waals surface area contributed by atoms with Gasteiger partial charge in [-0.15, -0.1) is 0 Å². The number of guanidine groups is 1. The number of amides is 1. The summed E-state index contributed by atoms with van der Waals surface area (Å²) >= 11 is 1.87. The van der Waals surface area contributed by atoms with Crippen molar-refractivity contribution in [2.75, 3.05) is 12.3 Å². The van der Waals surface area contributed by atoms with Crippen LogP contribution >= 0.6 is 11.8 Å². The Morgan fingerprint density at radius 1 is 1.62 bits per heavy atom. The molecular weight excluding hydrogens is 222 g/mol. The molecular formula is C11H19N3OS. The van der Waals surface area contributed by atoms with Crippen LogP contribution in [0, 0.1) is 0 Å². The summed E-state index contributed by atoms with van der Waals surface area (Å²) in [5.41, 5.74) is -0.407. The van der Waals surface area contributed by atoms with E-state index in [2.05, 4.69) is 29.5 Å². The van der Waals surface area contributed by atoms with Crippen LogP contribution in [0.25, 0.3) is 0 Å². The summed E-state index contributed by atoms with van der Waals surface area (Å²) in [5, 5.41) is 6.49. The van der Waals surface area contributed by atoms with Crippen LogP contribution < -0.4 is 10.6 Å². The average Bonchev–Trinajstić information content (AvgIpc) is 2.58. The molecule has 2 atom stereocenters. The lowest BCUT2D eigenvalue weighted by atomic mass is 9.90. The first-order chi connectivity index (χ1) is 7.69. The van der Waals surface area contributed by atoms with Crippen molar-refractivity contribution in [3.8, 4) is 0 Å². The van der Waals surface area contributed by atoms with Crippen LogP contribution in [0.15, 0.2) is 4.99 Å². The lowest BCUT2D eigenvalue weighted by molar-refractivity contribution is -0.124. The molecule has 1 spiro atoms. The van der Waals surface area contributed by atoms with Crippen molar-refractivity contribution in [1.29, 1.82) is 0 Å². The van der Waals surface area contributed by atoms with E-state index >= 15 is 0 Å². The normalized spacial score (nSPS) is 36.5. The van der Waals surface area contributed by atoms with Gasteiger partial charge in [0.25, 0.3) is 5.91 Å². The minimum Gasteiger partial charge on any atom is -0.341 e. The molecule has 0 aromatic carbocycles. The van der Waals surface area contributed by atoms with Crippen molar-refractivity contribution in [2.24, 2.45) is 4.99 Å². The summed E-state index contributed by atoms with van der Waals surface area (Å²) in [6.45, 7) is 4.97. The van der Waals surface area contributed by atoms with Gasteiger partial charge in [0.1, 0.15) is 5.54 Å². The zero-order valence-corrected chi connectivity index (χ0v) is 10.7. The van der Waals surface area contributed by atoms with Gasteiger partial charge in [0.2, 0.25) is 0 Å². The molecule has 4 nitrogen and oxygen atoms in total. The topological polar surface area (TPSA) is 53.5 Å². The molecule has 5 heteroatoms. The largest absolute Gasteiger partial charge is 0.341 e. The molecule has 1 amide bonds. The fraction of sp³-hybridized carbons (Fsp3) is 0.818. The van der Waals surface area contributed by atoms with Gasteiger partial charge in [0.15, 0.2) is 5.96 Å². The SMILES string of the molecule is CCCN=C1NC(=O)C2(CCCSC2C)N1. The Bertz CT molecular complexity index is 318. The predicted octanol–water partition coefficient (Wildman–Crippen LogP) is 1.13. The van der Waals surface area contributed by atoms with Crippen molar-refractivity contribution < 1.29 is 4.79 Å². The summed E-state index contributed by atoms with van der Waals surface area (Å²) in [4.78, 5) is 16.4. The lowest BCUT2D eigenvalue weighted by Crippen LogP contribution is -2.55. The maximum atomic E-state index is 12.1. The Kier molecular flexibility index (Phi) is 3.42. The van der Waals surface area contributed by atoms with E-state index < -0.39 is 5.54 Å². The van der Waals surface area contributed by atoms with Crippen LogP contribution in [-0.2, 0) is 4.79 Å². The molecule has 0 aromatic heterocycles. The Labute approximate surface area is 101 Å². The van der Waals surface area contributed by atoms with Gasteiger partial charge >= 0.3 is 0 Å². The molecule has 2 fully saturated rings. The monoisotopic (exact) mass is 241 g/mol. The highest BCUT2D eigenvalue weighted by Crippen LogP contribution is 2.35. The van der Waals surface area contributed by atoms with Crippen LogP contribution in [0.5, 0.6) is 0 Å². The second kappa shape index (κ2) is 4.65. The molecule has 2 aliphatic rings. The van der Waals surface area contributed by atoms with Gasteiger partial charge < -0.3 is 5.32 Å². The van der Waals surface area contributed by atoms with Gasteiger partial charge in [-0.25, -0.2) is 0 Å². The van der Waals surface area contributed by atoms with E-state index in [1.54, 1.807) is 0 Å². The number of hydrogen-bond acceptors (Lipinski definition) is 3. The Hall–Kier alpha value is -0.710. The van der Waals surface area contributed by atoms with Crippen molar-refractivity contribution in [2.45, 2.75) is 43.9 Å². The van der Waals surface area contributed by atoms with Crippen molar-refractivity contribution in [3.05, 3.63) is 0 Å². The van der Waals surface area contributed by atoms with E-state index in [9.17, 15) is 4.79 Å². The number of thioether (sulfide) groups is 1. The minimum absolute atomic E-state index is 0.0991. The first-order valence-corrected chi connectivity index (χ1v) is 6.99. The summed E-state index contributed by atoms with van der Waals surface area (Å²) in [7, 11) is 0. The maximum absolute atomic E-state index is 12.1. The zero-order chi connectivity index (χ0) is 11.6. The van der Waals surface area contributed by atoms with Crippen LogP contribution in [0.1, 0.15) is 33.1 Å². The highest BCUT2D eigenvalue weighted by molar-refractivity contribution is 8.00. The van der Waals surface area contributed by atoms with Gasteiger partial charge in [-0.1, -0.05) is 13.8 Å². The third-order valence-electron chi connectivity index (χ3n) is 3.25. The third-order valence-corrected chi connectivity index (χ3v) is 4.68. The van der Waals surface area contributed by atoms with Gasteiger partial charge in [-0.2, -0.15) is 11.8 Å². The molecule has 2 saturated heterocycles. The van der Waals surface area contributed by atoms with Gasteiger partial charge in [0.05, 0.1) is 0 Å². The second-order valence-corrected chi connectivity index (χ2v) is 5.85. The minimum atomic E-state index is -0.407. The number of hydrogen-bond donors (Lipinski definition) is 2. The fourth-order valence-electron chi connectivity index (χ4n) is 2.24. The van der Waals surface area contributed by atoms with E-state index in [1.807, 2.05) is 11.8 Å². The summed E-state index contributed by atoms with van der Waals surface area (Å²) in [5.74, 6) is 1.92. The summed E-state index contributed by atoms with van der Waals surface area (Å²) in [6, 6.07) is 0. The van der Waals surface area contributed by atoms with Gasteiger partial charge in [0, 0.05) is 11.8 Å².